The second kappa shape index (κ2) is 7.10. The fourth-order valence-electron chi connectivity index (χ4n) is 2.92. The molecule has 0 aromatic heterocycles. The van der Waals surface area contributed by atoms with E-state index in [4.69, 9.17) is 16.3 Å². The summed E-state index contributed by atoms with van der Waals surface area (Å²) in [7, 11) is 0. The summed E-state index contributed by atoms with van der Waals surface area (Å²) in [5.41, 5.74) is -0.453. The molecule has 2 aliphatic heterocycles. The van der Waals surface area contributed by atoms with Gasteiger partial charge in [-0.3, -0.25) is 9.69 Å². The Balaban J connectivity index is 1.83. The Morgan fingerprint density at radius 1 is 1.25 bits per heavy atom. The first-order chi connectivity index (χ1) is 9.53. The van der Waals surface area contributed by atoms with Gasteiger partial charge in [0.15, 0.2) is 0 Å². The van der Waals surface area contributed by atoms with Gasteiger partial charge in [0.05, 0.1) is 11.5 Å². The van der Waals surface area contributed by atoms with Crippen LogP contribution in [-0.2, 0) is 9.53 Å². The molecule has 0 aliphatic carbocycles. The van der Waals surface area contributed by atoms with Crippen LogP contribution >= 0.6 is 11.6 Å². The predicted octanol–water partition coefficient (Wildman–Crippen LogP) is 1.96. The van der Waals surface area contributed by atoms with Gasteiger partial charge in [-0.05, 0) is 39.7 Å². The summed E-state index contributed by atoms with van der Waals surface area (Å²) in [6.45, 7) is 9.45. The largest absolute Gasteiger partial charge is 0.377 e. The molecule has 4 nitrogen and oxygen atoms in total. The van der Waals surface area contributed by atoms with Crippen molar-refractivity contribution in [2.45, 2.75) is 39.2 Å². The highest BCUT2D eigenvalue weighted by Gasteiger charge is 2.32. The van der Waals surface area contributed by atoms with Crippen LogP contribution in [0.5, 0.6) is 0 Å². The third-order valence-corrected chi connectivity index (χ3v) is 4.94. The molecule has 2 aliphatic rings. The van der Waals surface area contributed by atoms with Crippen molar-refractivity contribution >= 4 is 17.5 Å². The zero-order valence-electron chi connectivity index (χ0n) is 12.7. The average molecular weight is 303 g/mol. The summed E-state index contributed by atoms with van der Waals surface area (Å²) in [5.74, 6) is 0.563. The Labute approximate surface area is 127 Å². The molecule has 1 amide bonds. The lowest BCUT2D eigenvalue weighted by molar-refractivity contribution is -0.139. The van der Waals surface area contributed by atoms with Crippen molar-refractivity contribution in [3.8, 4) is 0 Å². The minimum Gasteiger partial charge on any atom is -0.377 e. The van der Waals surface area contributed by atoms with Gasteiger partial charge in [0.2, 0.25) is 5.91 Å². The maximum atomic E-state index is 12.5. The average Bonchev–Trinajstić information content (AvgIpc) is 2.83. The molecule has 2 rings (SSSR count). The third kappa shape index (κ3) is 4.09. The first kappa shape index (κ1) is 16.1. The monoisotopic (exact) mass is 302 g/mol. The van der Waals surface area contributed by atoms with E-state index in [1.807, 2.05) is 18.7 Å². The molecule has 1 atom stereocenters. The van der Waals surface area contributed by atoms with Crippen molar-refractivity contribution in [3.05, 3.63) is 0 Å². The van der Waals surface area contributed by atoms with Crippen molar-refractivity contribution in [3.63, 3.8) is 0 Å². The van der Waals surface area contributed by atoms with Crippen molar-refractivity contribution < 1.29 is 9.53 Å². The maximum Gasteiger partial charge on any atom is 0.229 e. The molecule has 5 heteroatoms. The molecule has 1 unspecified atom stereocenters. The van der Waals surface area contributed by atoms with E-state index in [1.165, 1.54) is 12.8 Å². The number of ether oxygens (including phenoxy) is 1. The normalized spacial score (nSPS) is 25.8. The molecule has 0 bridgehead atoms. The topological polar surface area (TPSA) is 32.8 Å². The summed E-state index contributed by atoms with van der Waals surface area (Å²) in [5, 5.41) is 0. The van der Waals surface area contributed by atoms with Crippen molar-refractivity contribution in [1.82, 2.24) is 9.80 Å². The van der Waals surface area contributed by atoms with Crippen LogP contribution in [0.25, 0.3) is 0 Å². The van der Waals surface area contributed by atoms with E-state index in [2.05, 4.69) is 4.90 Å². The SMILES string of the molecule is CC(C)(CCl)C(=O)N1CCCN(CC2CCCO2)CC1. The van der Waals surface area contributed by atoms with Crippen molar-refractivity contribution in [2.75, 3.05) is 45.2 Å². The Bertz CT molecular complexity index is 330. The van der Waals surface area contributed by atoms with Gasteiger partial charge >= 0.3 is 0 Å². The minimum atomic E-state index is -0.453. The molecule has 116 valence electrons. The van der Waals surface area contributed by atoms with Gasteiger partial charge in [0.25, 0.3) is 0 Å². The van der Waals surface area contributed by atoms with Gasteiger partial charge in [0, 0.05) is 38.7 Å². The van der Waals surface area contributed by atoms with Gasteiger partial charge < -0.3 is 9.64 Å². The molecule has 0 N–H and O–H groups in total. The van der Waals surface area contributed by atoms with Crippen LogP contribution in [0.15, 0.2) is 0 Å². The minimum absolute atomic E-state index is 0.187. The van der Waals surface area contributed by atoms with Gasteiger partial charge in [-0.25, -0.2) is 0 Å². The number of carbonyl (C=O) groups is 1. The van der Waals surface area contributed by atoms with E-state index in [-0.39, 0.29) is 5.91 Å². The van der Waals surface area contributed by atoms with Crippen LogP contribution in [0.2, 0.25) is 0 Å². The summed E-state index contributed by atoms with van der Waals surface area (Å²) >= 11 is 5.92. The van der Waals surface area contributed by atoms with Gasteiger partial charge in [0.1, 0.15) is 0 Å². The van der Waals surface area contributed by atoms with E-state index in [0.29, 0.717) is 12.0 Å². The summed E-state index contributed by atoms with van der Waals surface area (Å²) < 4.78 is 5.70. The number of alkyl halides is 1. The first-order valence-electron chi connectivity index (χ1n) is 7.72. The second-order valence-electron chi connectivity index (χ2n) is 6.60. The van der Waals surface area contributed by atoms with Gasteiger partial charge in [-0.15, -0.1) is 11.6 Å². The van der Waals surface area contributed by atoms with Crippen molar-refractivity contribution in [2.24, 2.45) is 5.41 Å². The number of rotatable bonds is 4. The van der Waals surface area contributed by atoms with Crippen LogP contribution in [0, 0.1) is 5.41 Å². The van der Waals surface area contributed by atoms with Crippen LogP contribution in [0.1, 0.15) is 33.1 Å². The number of hydrogen-bond acceptors (Lipinski definition) is 3. The van der Waals surface area contributed by atoms with Crippen LogP contribution in [0.4, 0.5) is 0 Å². The molecule has 2 saturated heterocycles. The highest BCUT2D eigenvalue weighted by Crippen LogP contribution is 2.22. The molecule has 0 spiro atoms. The van der Waals surface area contributed by atoms with E-state index in [1.54, 1.807) is 0 Å². The third-order valence-electron chi connectivity index (χ3n) is 4.27. The number of carbonyl (C=O) groups excluding carboxylic acids is 1. The number of nitrogens with zero attached hydrogens (tertiary/aromatic N) is 2. The summed E-state index contributed by atoms with van der Waals surface area (Å²) in [4.78, 5) is 16.9. The Morgan fingerprint density at radius 2 is 2.05 bits per heavy atom. The summed E-state index contributed by atoms with van der Waals surface area (Å²) in [6.07, 6.45) is 3.80. The fourth-order valence-corrected chi connectivity index (χ4v) is 3.03. The Hall–Kier alpha value is -0.320. The zero-order valence-corrected chi connectivity index (χ0v) is 13.5. The standard InChI is InChI=1S/C15H27ClN2O2/c1-15(2,12-16)14(19)18-7-4-6-17(8-9-18)11-13-5-3-10-20-13/h13H,3-12H2,1-2H3. The van der Waals surface area contributed by atoms with Crippen LogP contribution in [-0.4, -0.2) is 67.0 Å². The number of halogens is 1. The second-order valence-corrected chi connectivity index (χ2v) is 6.87. The van der Waals surface area contributed by atoms with Gasteiger partial charge in [-0.1, -0.05) is 0 Å². The predicted molar refractivity (Wildman–Crippen MR) is 81.1 cm³/mol. The Morgan fingerprint density at radius 3 is 2.70 bits per heavy atom. The van der Waals surface area contributed by atoms with E-state index < -0.39 is 5.41 Å². The molecule has 0 aromatic rings. The molecule has 0 aromatic carbocycles. The molecule has 0 saturated carbocycles. The smallest absolute Gasteiger partial charge is 0.229 e. The summed E-state index contributed by atoms with van der Waals surface area (Å²) in [6, 6.07) is 0. The molecule has 20 heavy (non-hydrogen) atoms. The highest BCUT2D eigenvalue weighted by atomic mass is 35.5. The van der Waals surface area contributed by atoms with E-state index >= 15 is 0 Å². The van der Waals surface area contributed by atoms with E-state index in [0.717, 1.165) is 45.8 Å². The lowest BCUT2D eigenvalue weighted by Gasteiger charge is -2.30. The van der Waals surface area contributed by atoms with Crippen molar-refractivity contribution in [1.29, 1.82) is 0 Å². The lowest BCUT2D eigenvalue weighted by Crippen LogP contribution is -2.44. The zero-order chi connectivity index (χ0) is 14.6. The molecular weight excluding hydrogens is 276 g/mol. The Kier molecular flexibility index (Phi) is 5.70. The molecule has 0 radical (unpaired) electrons. The molecule has 2 fully saturated rings. The lowest BCUT2D eigenvalue weighted by atomic mass is 9.94. The molecule has 2 heterocycles. The van der Waals surface area contributed by atoms with Crippen LogP contribution < -0.4 is 0 Å². The molecular formula is C15H27ClN2O2. The number of hydrogen-bond donors (Lipinski definition) is 0. The van der Waals surface area contributed by atoms with Crippen LogP contribution in [0.3, 0.4) is 0 Å². The number of amides is 1. The highest BCUT2D eigenvalue weighted by molar-refractivity contribution is 6.19. The maximum absolute atomic E-state index is 12.5. The fraction of sp³-hybridized carbons (Fsp3) is 0.933. The first-order valence-corrected chi connectivity index (χ1v) is 8.26. The quantitative estimate of drug-likeness (QED) is 0.744. The van der Waals surface area contributed by atoms with E-state index in [9.17, 15) is 4.79 Å². The van der Waals surface area contributed by atoms with Gasteiger partial charge in [-0.2, -0.15) is 0 Å².